The van der Waals surface area contributed by atoms with Crippen molar-refractivity contribution in [1.29, 1.82) is 0 Å². The van der Waals surface area contributed by atoms with Gasteiger partial charge in [0.2, 0.25) is 6.79 Å². The molecule has 0 N–H and O–H groups in total. The number of fused-ring (bicyclic) bond motifs is 1. The zero-order valence-electron chi connectivity index (χ0n) is 8.58. The number of ether oxygens (including phenoxy) is 2. The van der Waals surface area contributed by atoms with Crippen molar-refractivity contribution in [2.75, 3.05) is 6.79 Å². The van der Waals surface area contributed by atoms with Crippen LogP contribution in [0.4, 0.5) is 0 Å². The van der Waals surface area contributed by atoms with E-state index in [-0.39, 0.29) is 6.79 Å². The highest BCUT2D eigenvalue weighted by molar-refractivity contribution is 9.10. The number of nitrogens with zero attached hydrogens (tertiary/aromatic N) is 4. The molecule has 7 heteroatoms. The number of benzene rings is 1. The average molecular weight is 295 g/mol. The first-order valence-corrected chi connectivity index (χ1v) is 5.60. The zero-order valence-corrected chi connectivity index (χ0v) is 10.2. The van der Waals surface area contributed by atoms with Crippen molar-refractivity contribution in [2.45, 2.75) is 0 Å². The first-order chi connectivity index (χ1) is 8.33. The van der Waals surface area contributed by atoms with Crippen molar-refractivity contribution in [1.82, 2.24) is 14.9 Å². The molecule has 2 heterocycles. The van der Waals surface area contributed by atoms with Gasteiger partial charge in [0.1, 0.15) is 12.7 Å². The molecular weight excluding hydrogens is 288 g/mol. The lowest BCUT2D eigenvalue weighted by Gasteiger charge is -2.01. The molecule has 0 spiro atoms. The molecule has 0 atom stereocenters. The summed E-state index contributed by atoms with van der Waals surface area (Å²) in [7, 11) is 0. The Hall–Kier alpha value is -1.89. The first kappa shape index (κ1) is 10.3. The molecule has 0 fully saturated rings. The average Bonchev–Trinajstić information content (AvgIpc) is 2.95. The molecule has 1 aliphatic rings. The SMILES string of the molecule is Brc1cc2c(cc1/C=N/n1cnnc1)OCO2. The summed E-state index contributed by atoms with van der Waals surface area (Å²) in [6.45, 7) is 0.258. The van der Waals surface area contributed by atoms with E-state index in [4.69, 9.17) is 9.47 Å². The van der Waals surface area contributed by atoms with Crippen molar-refractivity contribution in [3.8, 4) is 11.5 Å². The molecule has 0 saturated carbocycles. The molecule has 6 nitrogen and oxygen atoms in total. The summed E-state index contributed by atoms with van der Waals surface area (Å²) >= 11 is 3.45. The Labute approximate surface area is 105 Å². The minimum atomic E-state index is 0.258. The van der Waals surface area contributed by atoms with Crippen LogP contribution in [0.5, 0.6) is 11.5 Å². The Balaban J connectivity index is 1.93. The number of hydrogen-bond donors (Lipinski definition) is 0. The maximum Gasteiger partial charge on any atom is 0.231 e. The molecule has 2 aromatic rings. The lowest BCUT2D eigenvalue weighted by atomic mass is 10.2. The fourth-order valence-corrected chi connectivity index (χ4v) is 1.84. The van der Waals surface area contributed by atoms with Gasteiger partial charge < -0.3 is 9.47 Å². The van der Waals surface area contributed by atoms with Gasteiger partial charge in [-0.1, -0.05) is 0 Å². The summed E-state index contributed by atoms with van der Waals surface area (Å²) in [6, 6.07) is 3.72. The van der Waals surface area contributed by atoms with Gasteiger partial charge in [-0.2, -0.15) is 5.10 Å². The Morgan fingerprint density at radius 1 is 1.24 bits per heavy atom. The maximum absolute atomic E-state index is 5.29. The topological polar surface area (TPSA) is 61.5 Å². The van der Waals surface area contributed by atoms with Gasteiger partial charge in [0, 0.05) is 10.0 Å². The van der Waals surface area contributed by atoms with E-state index in [1.165, 1.54) is 17.3 Å². The lowest BCUT2D eigenvalue weighted by molar-refractivity contribution is 0.174. The van der Waals surface area contributed by atoms with Crippen LogP contribution in [0.3, 0.4) is 0 Å². The Morgan fingerprint density at radius 3 is 2.71 bits per heavy atom. The van der Waals surface area contributed by atoms with Crippen LogP contribution in [0.2, 0.25) is 0 Å². The third-order valence-electron chi connectivity index (χ3n) is 2.23. The molecule has 0 radical (unpaired) electrons. The summed E-state index contributed by atoms with van der Waals surface area (Å²) in [4.78, 5) is 0. The third kappa shape index (κ3) is 2.01. The van der Waals surface area contributed by atoms with Crippen LogP contribution < -0.4 is 9.47 Å². The van der Waals surface area contributed by atoms with Crippen LogP contribution in [-0.2, 0) is 0 Å². The van der Waals surface area contributed by atoms with Crippen molar-refractivity contribution >= 4 is 22.1 Å². The number of halogens is 1. The van der Waals surface area contributed by atoms with Gasteiger partial charge >= 0.3 is 0 Å². The van der Waals surface area contributed by atoms with E-state index in [2.05, 4.69) is 31.2 Å². The predicted octanol–water partition coefficient (Wildman–Crippen LogP) is 1.65. The van der Waals surface area contributed by atoms with Crippen molar-refractivity contribution < 1.29 is 9.47 Å². The van der Waals surface area contributed by atoms with Crippen LogP contribution >= 0.6 is 15.9 Å². The van der Waals surface area contributed by atoms with Gasteiger partial charge in [-0.25, -0.2) is 4.68 Å². The van der Waals surface area contributed by atoms with E-state index in [1.54, 1.807) is 6.21 Å². The Morgan fingerprint density at radius 2 is 1.94 bits per heavy atom. The molecule has 0 amide bonds. The first-order valence-electron chi connectivity index (χ1n) is 4.81. The van der Waals surface area contributed by atoms with Crippen molar-refractivity contribution in [3.63, 3.8) is 0 Å². The number of rotatable bonds is 2. The molecule has 17 heavy (non-hydrogen) atoms. The second kappa shape index (κ2) is 4.17. The van der Waals surface area contributed by atoms with Crippen LogP contribution in [0.1, 0.15) is 5.56 Å². The van der Waals surface area contributed by atoms with E-state index < -0.39 is 0 Å². The van der Waals surface area contributed by atoms with Gasteiger partial charge in [-0.3, -0.25) is 0 Å². The van der Waals surface area contributed by atoms with Gasteiger partial charge in [0.15, 0.2) is 11.5 Å². The van der Waals surface area contributed by atoms with E-state index in [1.807, 2.05) is 12.1 Å². The molecule has 0 unspecified atom stereocenters. The molecule has 0 saturated heterocycles. The standard InChI is InChI=1S/C10H7BrN4O2/c11-8-2-10-9(16-6-17-10)1-7(8)3-14-15-4-12-13-5-15/h1-5H,6H2/b14-3+. The van der Waals surface area contributed by atoms with Gasteiger partial charge in [0.25, 0.3) is 0 Å². The molecule has 86 valence electrons. The fraction of sp³-hybridized carbons (Fsp3) is 0.100. The molecule has 0 aliphatic carbocycles. The van der Waals surface area contributed by atoms with Crippen LogP contribution in [0, 0.1) is 0 Å². The van der Waals surface area contributed by atoms with Crippen molar-refractivity contribution in [3.05, 3.63) is 34.8 Å². The molecular formula is C10H7BrN4O2. The Kier molecular flexibility index (Phi) is 2.52. The molecule has 1 aliphatic heterocycles. The molecule has 0 bridgehead atoms. The second-order valence-electron chi connectivity index (χ2n) is 3.31. The van der Waals surface area contributed by atoms with Crippen LogP contribution in [-0.4, -0.2) is 27.9 Å². The quantitative estimate of drug-likeness (QED) is 0.790. The van der Waals surface area contributed by atoms with Crippen LogP contribution in [0.25, 0.3) is 0 Å². The number of hydrogen-bond acceptors (Lipinski definition) is 5. The normalized spacial score (nSPS) is 13.5. The summed E-state index contributed by atoms with van der Waals surface area (Å²) in [5.74, 6) is 1.46. The summed E-state index contributed by atoms with van der Waals surface area (Å²) in [5.41, 5.74) is 0.892. The van der Waals surface area contributed by atoms with E-state index >= 15 is 0 Å². The fourth-order valence-electron chi connectivity index (χ4n) is 1.42. The second-order valence-corrected chi connectivity index (χ2v) is 4.17. The van der Waals surface area contributed by atoms with Gasteiger partial charge in [0.05, 0.1) is 6.21 Å². The smallest absolute Gasteiger partial charge is 0.231 e. The largest absolute Gasteiger partial charge is 0.454 e. The molecule has 1 aromatic carbocycles. The molecule has 1 aromatic heterocycles. The third-order valence-corrected chi connectivity index (χ3v) is 2.92. The predicted molar refractivity (Wildman–Crippen MR) is 63.3 cm³/mol. The summed E-state index contributed by atoms with van der Waals surface area (Å²) in [5, 5.41) is 11.5. The Bertz CT molecular complexity index is 568. The van der Waals surface area contributed by atoms with Crippen molar-refractivity contribution in [2.24, 2.45) is 5.10 Å². The minimum absolute atomic E-state index is 0.258. The van der Waals surface area contributed by atoms with E-state index in [9.17, 15) is 0 Å². The van der Waals surface area contributed by atoms with E-state index in [0.29, 0.717) is 0 Å². The maximum atomic E-state index is 5.29. The van der Waals surface area contributed by atoms with Crippen LogP contribution in [0.15, 0.2) is 34.4 Å². The number of aromatic nitrogens is 3. The lowest BCUT2D eigenvalue weighted by Crippen LogP contribution is -1.93. The van der Waals surface area contributed by atoms with E-state index in [0.717, 1.165) is 21.5 Å². The minimum Gasteiger partial charge on any atom is -0.454 e. The highest BCUT2D eigenvalue weighted by atomic mass is 79.9. The van der Waals surface area contributed by atoms with Gasteiger partial charge in [-0.05, 0) is 28.1 Å². The van der Waals surface area contributed by atoms with Gasteiger partial charge in [-0.15, -0.1) is 10.2 Å². The summed E-state index contributed by atoms with van der Waals surface area (Å²) < 4.78 is 13.0. The molecule has 3 rings (SSSR count). The monoisotopic (exact) mass is 294 g/mol. The zero-order chi connectivity index (χ0) is 11.7. The summed E-state index contributed by atoms with van der Waals surface area (Å²) in [6.07, 6.45) is 4.71. The highest BCUT2D eigenvalue weighted by Gasteiger charge is 2.15. The highest BCUT2D eigenvalue weighted by Crippen LogP contribution is 2.36.